The number of methoxy groups -OCH3 is 1. The van der Waals surface area contributed by atoms with Crippen LogP contribution in [0.4, 0.5) is 11.4 Å². The van der Waals surface area contributed by atoms with Gasteiger partial charge in [-0.15, -0.1) is 11.8 Å². The van der Waals surface area contributed by atoms with Crippen molar-refractivity contribution in [3.8, 4) is 5.75 Å². The minimum Gasteiger partial charge on any atom is -0.495 e. The highest BCUT2D eigenvalue weighted by atomic mass is 32.2. The van der Waals surface area contributed by atoms with E-state index in [2.05, 4.69) is 5.32 Å². The molecule has 1 saturated heterocycles. The molecule has 10 heteroatoms. The van der Waals surface area contributed by atoms with Gasteiger partial charge < -0.3 is 15.0 Å². The lowest BCUT2D eigenvalue weighted by molar-refractivity contribution is -0.130. The zero-order valence-electron chi connectivity index (χ0n) is 16.7. The Hall–Kier alpha value is -2.72. The van der Waals surface area contributed by atoms with Crippen LogP contribution in [0.2, 0.25) is 0 Å². The van der Waals surface area contributed by atoms with Crippen LogP contribution in [0, 0.1) is 0 Å². The van der Waals surface area contributed by atoms with Crippen molar-refractivity contribution in [2.75, 3.05) is 41.5 Å². The Bertz CT molecular complexity index is 1030. The van der Waals surface area contributed by atoms with E-state index in [1.807, 2.05) is 6.07 Å². The fourth-order valence-electron chi connectivity index (χ4n) is 3.06. The fourth-order valence-corrected chi connectivity index (χ4v) is 5.47. The molecule has 0 bridgehead atoms. The van der Waals surface area contributed by atoms with Gasteiger partial charge in [0.1, 0.15) is 12.3 Å². The van der Waals surface area contributed by atoms with Gasteiger partial charge >= 0.3 is 0 Å². The summed E-state index contributed by atoms with van der Waals surface area (Å²) < 4.78 is 33.0. The summed E-state index contributed by atoms with van der Waals surface area (Å²) in [5.41, 5.74) is 0.776. The van der Waals surface area contributed by atoms with Gasteiger partial charge in [0.25, 0.3) is 10.0 Å². The Balaban J connectivity index is 1.87. The Morgan fingerprint density at radius 1 is 1.23 bits per heavy atom. The van der Waals surface area contributed by atoms with Crippen LogP contribution in [0.5, 0.6) is 5.75 Å². The number of rotatable bonds is 8. The fraction of sp³-hybridized carbons (Fsp3) is 0.300. The zero-order valence-corrected chi connectivity index (χ0v) is 18.3. The maximum Gasteiger partial charge on any atom is 0.264 e. The van der Waals surface area contributed by atoms with Gasteiger partial charge in [-0.3, -0.25) is 13.9 Å². The molecule has 0 radical (unpaired) electrons. The van der Waals surface area contributed by atoms with Crippen molar-refractivity contribution < 1.29 is 22.7 Å². The predicted molar refractivity (Wildman–Crippen MR) is 117 cm³/mol. The largest absolute Gasteiger partial charge is 0.495 e. The third kappa shape index (κ3) is 4.71. The van der Waals surface area contributed by atoms with Crippen LogP contribution in [0.15, 0.2) is 53.4 Å². The first kappa shape index (κ1) is 22.0. The lowest BCUT2D eigenvalue weighted by Gasteiger charge is -2.23. The van der Waals surface area contributed by atoms with Gasteiger partial charge in [0.15, 0.2) is 0 Å². The molecular formula is C20H23N3O5S2. The van der Waals surface area contributed by atoms with Crippen molar-refractivity contribution in [1.82, 2.24) is 4.90 Å². The number of nitrogens with zero attached hydrogens (tertiary/aromatic N) is 2. The number of carbonyl (C=O) groups excluding carboxylic acids is 2. The van der Waals surface area contributed by atoms with E-state index >= 15 is 0 Å². The molecule has 1 aliphatic heterocycles. The molecule has 1 heterocycles. The van der Waals surface area contributed by atoms with Crippen molar-refractivity contribution in [2.45, 2.75) is 11.8 Å². The van der Waals surface area contributed by atoms with Gasteiger partial charge in [0.2, 0.25) is 11.8 Å². The van der Waals surface area contributed by atoms with Crippen molar-refractivity contribution in [3.05, 3.63) is 48.5 Å². The van der Waals surface area contributed by atoms with E-state index in [4.69, 9.17) is 4.74 Å². The minimum absolute atomic E-state index is 0.0251. The topological polar surface area (TPSA) is 96.0 Å². The van der Waals surface area contributed by atoms with Gasteiger partial charge in [-0.05, 0) is 37.3 Å². The number of benzene rings is 2. The maximum absolute atomic E-state index is 13.2. The summed E-state index contributed by atoms with van der Waals surface area (Å²) in [5, 5.41) is 2.67. The molecule has 160 valence electrons. The van der Waals surface area contributed by atoms with Gasteiger partial charge in [-0.2, -0.15) is 0 Å². The van der Waals surface area contributed by atoms with Crippen LogP contribution in [0.3, 0.4) is 0 Å². The molecule has 0 spiro atoms. The van der Waals surface area contributed by atoms with E-state index in [1.54, 1.807) is 31.2 Å². The number of hydrogen-bond donors (Lipinski definition) is 1. The van der Waals surface area contributed by atoms with Crippen molar-refractivity contribution in [3.63, 3.8) is 0 Å². The quantitative estimate of drug-likeness (QED) is 0.665. The molecule has 0 unspecified atom stereocenters. The average Bonchev–Trinajstić information content (AvgIpc) is 3.13. The summed E-state index contributed by atoms with van der Waals surface area (Å²) in [4.78, 5) is 25.6. The second kappa shape index (κ2) is 9.40. The van der Waals surface area contributed by atoms with Crippen LogP contribution in [0.1, 0.15) is 6.92 Å². The third-order valence-corrected chi connectivity index (χ3v) is 7.37. The standard InChI is InChI=1S/C20H23N3O5S2/c1-3-23(15-7-5-4-6-8-15)30(26,27)16-9-10-18(28-2)17(11-16)21-19(24)12-22-14-29-13-20(22)25/h4-11H,3,12-14H2,1-2H3,(H,21,24). The van der Waals surface area contributed by atoms with Crippen LogP contribution in [-0.2, 0) is 19.6 Å². The molecule has 1 N–H and O–H groups in total. The van der Waals surface area contributed by atoms with Crippen molar-refractivity contribution in [2.24, 2.45) is 0 Å². The summed E-state index contributed by atoms with van der Waals surface area (Å²) in [6.45, 7) is 1.90. The number of para-hydroxylation sites is 1. The molecule has 2 aromatic rings. The molecule has 30 heavy (non-hydrogen) atoms. The second-order valence-corrected chi connectivity index (χ2v) is 9.30. The molecule has 0 aliphatic carbocycles. The van der Waals surface area contributed by atoms with Crippen molar-refractivity contribution >= 4 is 45.0 Å². The molecule has 2 aromatic carbocycles. The normalized spacial score (nSPS) is 13.9. The van der Waals surface area contributed by atoms with E-state index in [1.165, 1.54) is 46.3 Å². The summed E-state index contributed by atoms with van der Waals surface area (Å²) in [5.74, 6) is 0.623. The highest BCUT2D eigenvalue weighted by Gasteiger charge is 2.26. The summed E-state index contributed by atoms with van der Waals surface area (Å²) >= 11 is 1.44. The number of carbonyl (C=O) groups is 2. The van der Waals surface area contributed by atoms with Crippen LogP contribution >= 0.6 is 11.8 Å². The van der Waals surface area contributed by atoms with E-state index in [0.717, 1.165) is 0 Å². The summed E-state index contributed by atoms with van der Waals surface area (Å²) in [6, 6.07) is 13.1. The lowest BCUT2D eigenvalue weighted by atomic mass is 10.3. The first-order valence-electron chi connectivity index (χ1n) is 9.28. The van der Waals surface area contributed by atoms with E-state index < -0.39 is 15.9 Å². The summed E-state index contributed by atoms with van der Waals surface area (Å²) in [6.07, 6.45) is 0. The number of ether oxygens (including phenoxy) is 1. The molecule has 2 amide bonds. The summed E-state index contributed by atoms with van der Waals surface area (Å²) in [7, 11) is -2.43. The number of amides is 2. The molecule has 3 rings (SSSR count). The van der Waals surface area contributed by atoms with E-state index in [0.29, 0.717) is 23.1 Å². The SMILES string of the molecule is CCN(c1ccccc1)S(=O)(=O)c1ccc(OC)c(NC(=O)CN2CSCC2=O)c1. The molecule has 1 fully saturated rings. The first-order valence-corrected chi connectivity index (χ1v) is 11.9. The number of thioether (sulfide) groups is 1. The van der Waals surface area contributed by atoms with E-state index in [-0.39, 0.29) is 29.6 Å². The Morgan fingerprint density at radius 2 is 1.97 bits per heavy atom. The second-order valence-electron chi connectivity index (χ2n) is 6.48. The highest BCUT2D eigenvalue weighted by Crippen LogP contribution is 2.31. The molecule has 0 saturated carbocycles. The molecular weight excluding hydrogens is 426 g/mol. The number of anilines is 2. The minimum atomic E-state index is -3.86. The molecule has 0 aromatic heterocycles. The average molecular weight is 450 g/mol. The maximum atomic E-state index is 13.2. The van der Waals surface area contributed by atoms with Gasteiger partial charge in [0, 0.05) is 6.54 Å². The Morgan fingerprint density at radius 3 is 2.57 bits per heavy atom. The first-order chi connectivity index (χ1) is 14.4. The molecule has 0 atom stereocenters. The smallest absolute Gasteiger partial charge is 0.264 e. The third-order valence-electron chi connectivity index (χ3n) is 4.52. The lowest BCUT2D eigenvalue weighted by Crippen LogP contribution is -2.34. The van der Waals surface area contributed by atoms with Gasteiger partial charge in [-0.25, -0.2) is 8.42 Å². The van der Waals surface area contributed by atoms with Crippen LogP contribution in [-0.4, -0.2) is 57.0 Å². The number of nitrogens with one attached hydrogen (secondary N) is 1. The zero-order chi connectivity index (χ0) is 21.7. The van der Waals surface area contributed by atoms with Crippen LogP contribution in [0.25, 0.3) is 0 Å². The Labute approximate surface area is 180 Å². The van der Waals surface area contributed by atoms with Gasteiger partial charge in [-0.1, -0.05) is 18.2 Å². The molecule has 1 aliphatic rings. The highest BCUT2D eigenvalue weighted by molar-refractivity contribution is 8.00. The van der Waals surface area contributed by atoms with E-state index in [9.17, 15) is 18.0 Å². The van der Waals surface area contributed by atoms with Crippen molar-refractivity contribution in [1.29, 1.82) is 0 Å². The van der Waals surface area contributed by atoms with Crippen LogP contribution < -0.4 is 14.4 Å². The number of sulfonamides is 1. The monoisotopic (exact) mass is 449 g/mol. The number of hydrogen-bond acceptors (Lipinski definition) is 6. The molecule has 8 nitrogen and oxygen atoms in total. The van der Waals surface area contributed by atoms with Gasteiger partial charge in [0.05, 0.1) is 35.0 Å². The predicted octanol–water partition coefficient (Wildman–Crippen LogP) is 2.38. The Kier molecular flexibility index (Phi) is 6.88.